The molecule has 0 fully saturated rings. The molecule has 0 saturated carbocycles. The van der Waals surface area contributed by atoms with Crippen molar-refractivity contribution >= 4 is 23.2 Å². The number of rotatable bonds is 7. The van der Waals surface area contributed by atoms with Crippen molar-refractivity contribution in [3.63, 3.8) is 0 Å². The second-order valence-corrected chi connectivity index (χ2v) is 6.12. The number of nitrogens with zero attached hydrogens (tertiary/aromatic N) is 2. The lowest BCUT2D eigenvalue weighted by Crippen LogP contribution is -2.39. The molecule has 2 aromatic carbocycles. The van der Waals surface area contributed by atoms with Gasteiger partial charge in [-0.05, 0) is 30.7 Å². The third-order valence-electron chi connectivity index (χ3n) is 4.29. The highest BCUT2D eigenvalue weighted by atomic mass is 16.5. The van der Waals surface area contributed by atoms with Crippen LogP contribution in [-0.4, -0.2) is 45.8 Å². The van der Waals surface area contributed by atoms with Crippen molar-refractivity contribution in [1.29, 1.82) is 0 Å². The number of methoxy groups -OCH3 is 2. The number of hydrogen-bond acceptors (Lipinski definition) is 5. The molecule has 8 nitrogen and oxygen atoms in total. The van der Waals surface area contributed by atoms with Gasteiger partial charge in [0.25, 0.3) is 5.91 Å². The third-order valence-corrected chi connectivity index (χ3v) is 4.29. The third kappa shape index (κ3) is 4.46. The van der Waals surface area contributed by atoms with Gasteiger partial charge in [-0.15, -0.1) is 0 Å². The van der Waals surface area contributed by atoms with Gasteiger partial charge < -0.3 is 30.2 Å². The number of carbonyl (C=O) groups excluding carboxylic acids is 1. The predicted octanol–water partition coefficient (Wildman–Crippen LogP) is 2.25. The van der Waals surface area contributed by atoms with Crippen LogP contribution in [0.4, 0.5) is 11.4 Å². The van der Waals surface area contributed by atoms with Gasteiger partial charge in [0, 0.05) is 24.8 Å². The van der Waals surface area contributed by atoms with Crippen molar-refractivity contribution in [2.24, 2.45) is 10.7 Å². The highest BCUT2D eigenvalue weighted by Crippen LogP contribution is 2.31. The number of anilines is 2. The second kappa shape index (κ2) is 8.98. The highest BCUT2D eigenvalue weighted by molar-refractivity contribution is 5.97. The maximum absolute atomic E-state index is 12.1. The van der Waals surface area contributed by atoms with Gasteiger partial charge in [-0.1, -0.05) is 12.1 Å². The van der Waals surface area contributed by atoms with Crippen molar-refractivity contribution in [2.75, 3.05) is 44.1 Å². The van der Waals surface area contributed by atoms with Crippen LogP contribution in [0.25, 0.3) is 0 Å². The lowest BCUT2D eigenvalue weighted by atomic mass is 10.2. The zero-order valence-corrected chi connectivity index (χ0v) is 16.0. The van der Waals surface area contributed by atoms with Crippen LogP contribution in [0.2, 0.25) is 0 Å². The largest absolute Gasteiger partial charge is 0.493 e. The van der Waals surface area contributed by atoms with E-state index >= 15 is 0 Å². The van der Waals surface area contributed by atoms with E-state index in [9.17, 15) is 4.79 Å². The number of benzene rings is 2. The molecular formula is C20H24N4O4. The first kappa shape index (κ1) is 19.3. The molecule has 0 saturated heterocycles. The van der Waals surface area contributed by atoms with Gasteiger partial charge in [-0.25, -0.2) is 0 Å². The number of carbonyl (C=O) groups is 1. The molecule has 3 N–H and O–H groups in total. The van der Waals surface area contributed by atoms with Gasteiger partial charge in [0.05, 0.1) is 19.9 Å². The number of fused-ring (bicyclic) bond motifs is 1. The SMILES string of the molecule is COc1ccc(NC(N)=NCCCN2C(=O)COc3ccccc32)cc1OC. The Morgan fingerprint density at radius 3 is 2.79 bits per heavy atom. The second-order valence-electron chi connectivity index (χ2n) is 6.12. The first-order chi connectivity index (χ1) is 13.6. The fourth-order valence-electron chi connectivity index (χ4n) is 2.93. The smallest absolute Gasteiger partial charge is 0.265 e. The molecule has 0 aromatic heterocycles. The minimum Gasteiger partial charge on any atom is -0.493 e. The monoisotopic (exact) mass is 384 g/mol. The molecule has 28 heavy (non-hydrogen) atoms. The molecule has 2 aromatic rings. The Hall–Kier alpha value is -3.42. The summed E-state index contributed by atoms with van der Waals surface area (Å²) in [4.78, 5) is 18.2. The molecule has 0 atom stereocenters. The number of guanidine groups is 1. The van der Waals surface area contributed by atoms with E-state index in [0.717, 1.165) is 17.1 Å². The molecule has 0 aliphatic carbocycles. The molecule has 0 spiro atoms. The number of ether oxygens (including phenoxy) is 3. The maximum atomic E-state index is 12.1. The molecule has 0 bridgehead atoms. The van der Waals surface area contributed by atoms with Crippen LogP contribution < -0.4 is 30.2 Å². The summed E-state index contributed by atoms with van der Waals surface area (Å²) < 4.78 is 15.9. The van der Waals surface area contributed by atoms with Crippen molar-refractivity contribution in [2.45, 2.75) is 6.42 Å². The highest BCUT2D eigenvalue weighted by Gasteiger charge is 2.24. The van der Waals surface area contributed by atoms with E-state index in [0.29, 0.717) is 37.0 Å². The zero-order chi connectivity index (χ0) is 19.9. The maximum Gasteiger partial charge on any atom is 0.265 e. The van der Waals surface area contributed by atoms with E-state index < -0.39 is 0 Å². The molecular weight excluding hydrogens is 360 g/mol. The topological polar surface area (TPSA) is 98.4 Å². The van der Waals surface area contributed by atoms with Crippen LogP contribution in [-0.2, 0) is 4.79 Å². The Kier molecular flexibility index (Phi) is 6.21. The normalized spacial score (nSPS) is 13.6. The number of nitrogens with one attached hydrogen (secondary N) is 1. The van der Waals surface area contributed by atoms with Crippen molar-refractivity contribution in [3.05, 3.63) is 42.5 Å². The Bertz CT molecular complexity index is 869. The fourth-order valence-corrected chi connectivity index (χ4v) is 2.93. The first-order valence-corrected chi connectivity index (χ1v) is 8.93. The Morgan fingerprint density at radius 1 is 1.21 bits per heavy atom. The van der Waals surface area contributed by atoms with Crippen LogP contribution in [0, 0.1) is 0 Å². The van der Waals surface area contributed by atoms with Gasteiger partial charge in [-0.3, -0.25) is 9.79 Å². The number of nitrogens with two attached hydrogens (primary N) is 1. The predicted molar refractivity (Wildman–Crippen MR) is 109 cm³/mol. The van der Waals surface area contributed by atoms with Crippen LogP contribution in [0.5, 0.6) is 17.2 Å². The Morgan fingerprint density at radius 2 is 2.00 bits per heavy atom. The lowest BCUT2D eigenvalue weighted by molar-refractivity contribution is -0.121. The average Bonchev–Trinajstić information content (AvgIpc) is 2.72. The van der Waals surface area contributed by atoms with Crippen LogP contribution in [0.15, 0.2) is 47.5 Å². The molecule has 3 rings (SSSR count). The molecule has 1 heterocycles. The minimum absolute atomic E-state index is 0.0564. The summed E-state index contributed by atoms with van der Waals surface area (Å²) in [5.74, 6) is 2.20. The zero-order valence-electron chi connectivity index (χ0n) is 16.0. The number of aliphatic imine (C=N–C) groups is 1. The Labute approximate surface area is 163 Å². The Balaban J connectivity index is 1.54. The van der Waals surface area contributed by atoms with E-state index in [4.69, 9.17) is 19.9 Å². The molecule has 1 aliphatic rings. The summed E-state index contributed by atoms with van der Waals surface area (Å²) in [5.41, 5.74) is 7.49. The van der Waals surface area contributed by atoms with Crippen molar-refractivity contribution in [1.82, 2.24) is 0 Å². The van der Waals surface area contributed by atoms with Crippen LogP contribution in [0.3, 0.4) is 0 Å². The van der Waals surface area contributed by atoms with Gasteiger partial charge in [0.1, 0.15) is 5.75 Å². The van der Waals surface area contributed by atoms with Gasteiger partial charge in [0.15, 0.2) is 24.1 Å². The van der Waals surface area contributed by atoms with Crippen molar-refractivity contribution in [3.8, 4) is 17.2 Å². The summed E-state index contributed by atoms with van der Waals surface area (Å²) >= 11 is 0. The van der Waals surface area contributed by atoms with Crippen LogP contribution >= 0.6 is 0 Å². The van der Waals surface area contributed by atoms with Gasteiger partial charge >= 0.3 is 0 Å². The molecule has 8 heteroatoms. The summed E-state index contributed by atoms with van der Waals surface area (Å²) in [5, 5.41) is 3.02. The summed E-state index contributed by atoms with van der Waals surface area (Å²) in [7, 11) is 3.16. The van der Waals surface area contributed by atoms with Crippen LogP contribution in [0.1, 0.15) is 6.42 Å². The minimum atomic E-state index is -0.0564. The molecule has 0 radical (unpaired) electrons. The molecule has 0 unspecified atom stereocenters. The van der Waals surface area contributed by atoms with E-state index in [-0.39, 0.29) is 12.5 Å². The van der Waals surface area contributed by atoms with E-state index in [1.807, 2.05) is 30.3 Å². The first-order valence-electron chi connectivity index (χ1n) is 8.93. The van der Waals surface area contributed by atoms with Gasteiger partial charge in [-0.2, -0.15) is 0 Å². The molecule has 148 valence electrons. The van der Waals surface area contributed by atoms with Crippen molar-refractivity contribution < 1.29 is 19.0 Å². The quantitative estimate of drug-likeness (QED) is 0.432. The average molecular weight is 384 g/mol. The summed E-state index contributed by atoms with van der Waals surface area (Å²) in [6.07, 6.45) is 0.675. The summed E-state index contributed by atoms with van der Waals surface area (Å²) in [6.45, 7) is 1.09. The summed E-state index contributed by atoms with van der Waals surface area (Å²) in [6, 6.07) is 12.9. The standard InChI is InChI=1S/C20H24N4O4/c1-26-17-9-8-14(12-18(17)27-2)23-20(21)22-10-5-11-24-15-6-3-4-7-16(15)28-13-19(24)25/h3-4,6-9,12H,5,10-11,13H2,1-2H3,(H3,21,22,23). The fraction of sp³-hybridized carbons (Fsp3) is 0.300. The molecule has 1 aliphatic heterocycles. The van der Waals surface area contributed by atoms with Gasteiger partial charge in [0.2, 0.25) is 0 Å². The van der Waals surface area contributed by atoms with E-state index in [1.165, 1.54) is 0 Å². The number of para-hydroxylation sites is 2. The molecule has 1 amide bonds. The lowest BCUT2D eigenvalue weighted by Gasteiger charge is -2.29. The number of amides is 1. The van der Waals surface area contributed by atoms with E-state index in [2.05, 4.69) is 10.3 Å². The number of hydrogen-bond donors (Lipinski definition) is 2. The van der Waals surface area contributed by atoms with E-state index in [1.54, 1.807) is 31.3 Å².